The minimum absolute atomic E-state index is 0.0381. The van der Waals surface area contributed by atoms with E-state index in [1.165, 1.54) is 0 Å². The van der Waals surface area contributed by atoms with Gasteiger partial charge in [-0.25, -0.2) is 0 Å². The van der Waals surface area contributed by atoms with Crippen LogP contribution in [0.1, 0.15) is 32.4 Å². The number of hydrogen-bond acceptors (Lipinski definition) is 3. The van der Waals surface area contributed by atoms with Crippen molar-refractivity contribution in [2.75, 3.05) is 23.8 Å². The maximum absolute atomic E-state index is 11.8. The summed E-state index contributed by atoms with van der Waals surface area (Å²) in [5.41, 5.74) is 3.10. The van der Waals surface area contributed by atoms with Gasteiger partial charge >= 0.3 is 0 Å². The van der Waals surface area contributed by atoms with Crippen molar-refractivity contribution in [3.05, 3.63) is 23.8 Å². The fraction of sp³-hybridized carbons (Fsp3) is 0.500. The van der Waals surface area contributed by atoms with Crippen LogP contribution in [0.25, 0.3) is 0 Å². The van der Waals surface area contributed by atoms with Crippen molar-refractivity contribution in [3.8, 4) is 0 Å². The molecule has 0 spiro atoms. The standard InChI is InChI=1S/C14H21N3O/c1-5-15-13-11-7-6-10(17(4)9(2)3)8-12(11)16-14(13)18/h6-9,13,15H,5H2,1-4H3,(H,16,18). The third-order valence-electron chi connectivity index (χ3n) is 3.46. The SMILES string of the molecule is CCNC1C(=O)Nc2cc(N(C)C(C)C)ccc21. The highest BCUT2D eigenvalue weighted by Gasteiger charge is 2.29. The largest absolute Gasteiger partial charge is 0.372 e. The molecule has 0 aromatic heterocycles. The van der Waals surface area contributed by atoms with Gasteiger partial charge in [0.25, 0.3) is 0 Å². The molecular formula is C14H21N3O. The number of benzene rings is 1. The summed E-state index contributed by atoms with van der Waals surface area (Å²) in [5, 5.41) is 6.13. The third kappa shape index (κ3) is 2.20. The maximum atomic E-state index is 11.8. The minimum Gasteiger partial charge on any atom is -0.372 e. The Kier molecular flexibility index (Phi) is 3.57. The highest BCUT2D eigenvalue weighted by atomic mass is 16.2. The van der Waals surface area contributed by atoms with Crippen LogP contribution >= 0.6 is 0 Å². The van der Waals surface area contributed by atoms with Gasteiger partial charge in [0, 0.05) is 30.0 Å². The second kappa shape index (κ2) is 4.98. The zero-order chi connectivity index (χ0) is 13.3. The third-order valence-corrected chi connectivity index (χ3v) is 3.46. The molecule has 0 bridgehead atoms. The molecule has 1 aliphatic heterocycles. The van der Waals surface area contributed by atoms with Crippen LogP contribution < -0.4 is 15.5 Å². The Hall–Kier alpha value is -1.55. The Labute approximate surface area is 108 Å². The molecule has 1 unspecified atom stereocenters. The summed E-state index contributed by atoms with van der Waals surface area (Å²) in [6.07, 6.45) is 0. The fourth-order valence-corrected chi connectivity index (χ4v) is 2.17. The number of fused-ring (bicyclic) bond motifs is 1. The van der Waals surface area contributed by atoms with Gasteiger partial charge in [-0.15, -0.1) is 0 Å². The van der Waals surface area contributed by atoms with Crippen LogP contribution in [-0.2, 0) is 4.79 Å². The lowest BCUT2D eigenvalue weighted by atomic mass is 10.1. The minimum atomic E-state index is -0.205. The number of carbonyl (C=O) groups is 1. The zero-order valence-electron chi connectivity index (χ0n) is 11.4. The second-order valence-electron chi connectivity index (χ2n) is 4.96. The fourth-order valence-electron chi connectivity index (χ4n) is 2.17. The van der Waals surface area contributed by atoms with E-state index >= 15 is 0 Å². The van der Waals surface area contributed by atoms with E-state index in [2.05, 4.69) is 42.5 Å². The Balaban J connectivity index is 2.30. The van der Waals surface area contributed by atoms with Gasteiger partial charge in [0.05, 0.1) is 0 Å². The number of nitrogens with one attached hydrogen (secondary N) is 2. The highest BCUT2D eigenvalue weighted by Crippen LogP contribution is 2.34. The van der Waals surface area contributed by atoms with Crippen molar-refractivity contribution in [2.45, 2.75) is 32.9 Å². The van der Waals surface area contributed by atoms with E-state index in [0.717, 1.165) is 23.5 Å². The first-order valence-corrected chi connectivity index (χ1v) is 6.45. The Morgan fingerprint density at radius 2 is 2.17 bits per heavy atom. The van der Waals surface area contributed by atoms with Crippen molar-refractivity contribution < 1.29 is 4.79 Å². The molecule has 1 amide bonds. The molecule has 2 rings (SSSR count). The lowest BCUT2D eigenvalue weighted by Gasteiger charge is -2.24. The number of amides is 1. The molecule has 4 heteroatoms. The topological polar surface area (TPSA) is 44.4 Å². The van der Waals surface area contributed by atoms with E-state index in [9.17, 15) is 4.79 Å². The number of nitrogens with zero attached hydrogens (tertiary/aromatic N) is 1. The van der Waals surface area contributed by atoms with Crippen LogP contribution in [0.5, 0.6) is 0 Å². The van der Waals surface area contributed by atoms with Gasteiger partial charge in [-0.1, -0.05) is 13.0 Å². The molecule has 1 atom stereocenters. The molecule has 18 heavy (non-hydrogen) atoms. The zero-order valence-corrected chi connectivity index (χ0v) is 11.4. The van der Waals surface area contributed by atoms with E-state index in [1.807, 2.05) is 19.1 Å². The first-order chi connectivity index (χ1) is 8.54. The van der Waals surface area contributed by atoms with Crippen LogP contribution in [0.4, 0.5) is 11.4 Å². The number of anilines is 2. The normalized spacial score (nSPS) is 17.8. The molecule has 0 fully saturated rings. The molecule has 1 aromatic carbocycles. The summed E-state index contributed by atoms with van der Waals surface area (Å²) in [7, 11) is 2.06. The number of carbonyl (C=O) groups excluding carboxylic acids is 1. The average Bonchev–Trinajstić information content (AvgIpc) is 2.64. The van der Waals surface area contributed by atoms with Gasteiger partial charge in [-0.3, -0.25) is 4.79 Å². The second-order valence-corrected chi connectivity index (χ2v) is 4.96. The van der Waals surface area contributed by atoms with Crippen molar-refractivity contribution in [3.63, 3.8) is 0 Å². The molecule has 0 saturated carbocycles. The van der Waals surface area contributed by atoms with Gasteiger partial charge in [0.15, 0.2) is 0 Å². The van der Waals surface area contributed by atoms with Crippen molar-refractivity contribution >= 4 is 17.3 Å². The molecule has 0 saturated heterocycles. The predicted octanol–water partition coefficient (Wildman–Crippen LogP) is 2.13. The number of rotatable bonds is 4. The lowest BCUT2D eigenvalue weighted by Crippen LogP contribution is -2.27. The molecular weight excluding hydrogens is 226 g/mol. The van der Waals surface area contributed by atoms with Crippen LogP contribution in [0.2, 0.25) is 0 Å². The Morgan fingerprint density at radius 1 is 1.44 bits per heavy atom. The first-order valence-electron chi connectivity index (χ1n) is 6.45. The van der Waals surface area contributed by atoms with E-state index in [1.54, 1.807) is 0 Å². The van der Waals surface area contributed by atoms with Crippen LogP contribution in [0, 0.1) is 0 Å². The molecule has 98 valence electrons. The van der Waals surface area contributed by atoms with E-state index in [-0.39, 0.29) is 11.9 Å². The number of hydrogen-bond donors (Lipinski definition) is 2. The maximum Gasteiger partial charge on any atom is 0.246 e. The average molecular weight is 247 g/mol. The number of likely N-dealkylation sites (N-methyl/N-ethyl adjacent to an activating group) is 1. The summed E-state index contributed by atoms with van der Waals surface area (Å²) < 4.78 is 0. The van der Waals surface area contributed by atoms with Gasteiger partial charge < -0.3 is 15.5 Å². The van der Waals surface area contributed by atoms with Gasteiger partial charge in [-0.2, -0.15) is 0 Å². The van der Waals surface area contributed by atoms with Crippen molar-refractivity contribution in [1.29, 1.82) is 0 Å². The molecule has 0 radical (unpaired) electrons. The summed E-state index contributed by atoms with van der Waals surface area (Å²) >= 11 is 0. The van der Waals surface area contributed by atoms with E-state index in [0.29, 0.717) is 6.04 Å². The van der Waals surface area contributed by atoms with Crippen LogP contribution in [0.15, 0.2) is 18.2 Å². The molecule has 1 aliphatic rings. The predicted molar refractivity (Wildman–Crippen MR) is 75.0 cm³/mol. The monoisotopic (exact) mass is 247 g/mol. The quantitative estimate of drug-likeness (QED) is 0.856. The summed E-state index contributed by atoms with van der Waals surface area (Å²) in [5.74, 6) is 0.0381. The summed E-state index contributed by atoms with van der Waals surface area (Å²) in [4.78, 5) is 14.0. The molecule has 1 aromatic rings. The molecule has 1 heterocycles. The van der Waals surface area contributed by atoms with E-state index < -0.39 is 0 Å². The van der Waals surface area contributed by atoms with Crippen LogP contribution in [-0.4, -0.2) is 25.5 Å². The Bertz CT molecular complexity index is 456. The highest BCUT2D eigenvalue weighted by molar-refractivity contribution is 6.03. The molecule has 2 N–H and O–H groups in total. The molecule has 4 nitrogen and oxygen atoms in total. The lowest BCUT2D eigenvalue weighted by molar-refractivity contribution is -0.117. The van der Waals surface area contributed by atoms with Crippen molar-refractivity contribution in [2.24, 2.45) is 0 Å². The Morgan fingerprint density at radius 3 is 2.78 bits per heavy atom. The van der Waals surface area contributed by atoms with E-state index in [4.69, 9.17) is 0 Å². The van der Waals surface area contributed by atoms with Crippen molar-refractivity contribution in [1.82, 2.24) is 5.32 Å². The van der Waals surface area contributed by atoms with Gasteiger partial charge in [0.2, 0.25) is 5.91 Å². The smallest absolute Gasteiger partial charge is 0.246 e. The first kappa shape index (κ1) is 12.9. The molecule has 0 aliphatic carbocycles. The summed E-state index contributed by atoms with van der Waals surface area (Å²) in [6, 6.07) is 6.39. The van der Waals surface area contributed by atoms with Gasteiger partial charge in [0.1, 0.15) is 6.04 Å². The van der Waals surface area contributed by atoms with Gasteiger partial charge in [-0.05, 0) is 32.5 Å². The van der Waals surface area contributed by atoms with Crippen LogP contribution in [0.3, 0.4) is 0 Å². The summed E-state index contributed by atoms with van der Waals surface area (Å²) in [6.45, 7) is 7.08.